The van der Waals surface area contributed by atoms with Crippen LogP contribution < -0.4 is 10.2 Å². The van der Waals surface area contributed by atoms with E-state index in [4.69, 9.17) is 4.74 Å². The summed E-state index contributed by atoms with van der Waals surface area (Å²) in [6, 6.07) is 4.86. The Morgan fingerprint density at radius 1 is 1.17 bits per heavy atom. The highest BCUT2D eigenvalue weighted by atomic mass is 32.2. The summed E-state index contributed by atoms with van der Waals surface area (Å²) in [5.41, 5.74) is 1.24. The van der Waals surface area contributed by atoms with Gasteiger partial charge in [0.05, 0.1) is 35.0 Å². The molecule has 0 aliphatic carbocycles. The number of nitrogens with zero attached hydrogens (tertiary/aromatic N) is 3. The standard InChI is InChI=1S/C20H34N4O4S/c1-7-24(8-2)29(26,27)17-9-10-19(22(5)6)18(11-17)21-20(25)14-23-12-15(3)28-16(4)13-23/h9-11,15-16H,7-8,12-14H2,1-6H3,(H,21,25)/t15-,16+. The second kappa shape index (κ2) is 9.88. The molecular formula is C20H34N4O4S. The average molecular weight is 427 g/mol. The van der Waals surface area contributed by atoms with Crippen LogP contribution in [0, 0.1) is 0 Å². The fourth-order valence-corrected chi connectivity index (χ4v) is 5.17. The van der Waals surface area contributed by atoms with E-state index < -0.39 is 10.0 Å². The van der Waals surface area contributed by atoms with Crippen LogP contribution in [-0.4, -0.2) is 82.6 Å². The lowest BCUT2D eigenvalue weighted by molar-refractivity contribution is -0.121. The van der Waals surface area contributed by atoms with E-state index in [-0.39, 0.29) is 29.6 Å². The van der Waals surface area contributed by atoms with Gasteiger partial charge < -0.3 is 15.0 Å². The molecule has 164 valence electrons. The largest absolute Gasteiger partial charge is 0.376 e. The zero-order valence-electron chi connectivity index (χ0n) is 18.3. The highest BCUT2D eigenvalue weighted by Gasteiger charge is 2.26. The van der Waals surface area contributed by atoms with Crippen molar-refractivity contribution in [2.24, 2.45) is 0 Å². The highest BCUT2D eigenvalue weighted by Crippen LogP contribution is 2.29. The Hall–Kier alpha value is -1.68. The molecule has 1 fully saturated rings. The van der Waals surface area contributed by atoms with Crippen LogP contribution in [0.3, 0.4) is 0 Å². The second-order valence-electron chi connectivity index (χ2n) is 7.66. The Morgan fingerprint density at radius 2 is 1.76 bits per heavy atom. The third kappa shape index (κ3) is 5.91. The molecule has 1 aliphatic rings. The first-order valence-corrected chi connectivity index (χ1v) is 11.5. The van der Waals surface area contributed by atoms with Crippen molar-refractivity contribution in [1.82, 2.24) is 9.21 Å². The Labute approximate surface area is 174 Å². The monoisotopic (exact) mass is 426 g/mol. The number of hydrogen-bond acceptors (Lipinski definition) is 6. The summed E-state index contributed by atoms with van der Waals surface area (Å²) in [6.07, 6.45) is 0.151. The van der Waals surface area contributed by atoms with Gasteiger partial charge in [-0.2, -0.15) is 4.31 Å². The van der Waals surface area contributed by atoms with Crippen molar-refractivity contribution >= 4 is 27.3 Å². The number of benzene rings is 1. The number of amides is 1. The van der Waals surface area contributed by atoms with Crippen molar-refractivity contribution < 1.29 is 17.9 Å². The molecule has 0 unspecified atom stereocenters. The first-order valence-electron chi connectivity index (χ1n) is 10.1. The molecule has 8 nitrogen and oxygen atoms in total. The van der Waals surface area contributed by atoms with E-state index in [9.17, 15) is 13.2 Å². The third-order valence-corrected chi connectivity index (χ3v) is 6.98. The normalized spacial score (nSPS) is 20.7. The van der Waals surface area contributed by atoms with Gasteiger partial charge in [-0.15, -0.1) is 0 Å². The Morgan fingerprint density at radius 3 is 2.28 bits per heavy atom. The number of morpholine rings is 1. The van der Waals surface area contributed by atoms with Crippen molar-refractivity contribution in [2.45, 2.75) is 44.8 Å². The van der Waals surface area contributed by atoms with Gasteiger partial charge in [-0.3, -0.25) is 9.69 Å². The molecule has 0 aromatic heterocycles. The first kappa shape index (κ1) is 23.6. The summed E-state index contributed by atoms with van der Waals surface area (Å²) in [5, 5.41) is 2.91. The van der Waals surface area contributed by atoms with Crippen molar-refractivity contribution in [2.75, 3.05) is 57.0 Å². The Balaban J connectivity index is 2.24. The van der Waals surface area contributed by atoms with Gasteiger partial charge in [0.1, 0.15) is 0 Å². The van der Waals surface area contributed by atoms with Gasteiger partial charge in [-0.1, -0.05) is 13.8 Å². The summed E-state index contributed by atoms with van der Waals surface area (Å²) in [5.74, 6) is -0.174. The van der Waals surface area contributed by atoms with E-state index >= 15 is 0 Å². The van der Waals surface area contributed by atoms with Crippen LogP contribution in [-0.2, 0) is 19.6 Å². The van der Waals surface area contributed by atoms with Crippen LogP contribution in [0.1, 0.15) is 27.7 Å². The van der Waals surface area contributed by atoms with Crippen LogP contribution in [0.5, 0.6) is 0 Å². The molecule has 1 heterocycles. The van der Waals surface area contributed by atoms with Gasteiger partial charge in [-0.05, 0) is 32.0 Å². The summed E-state index contributed by atoms with van der Waals surface area (Å²) < 4.78 is 32.9. The van der Waals surface area contributed by atoms with Crippen LogP contribution in [0.2, 0.25) is 0 Å². The minimum absolute atomic E-state index is 0.0754. The molecule has 1 saturated heterocycles. The molecule has 0 spiro atoms. The molecule has 0 saturated carbocycles. The second-order valence-corrected chi connectivity index (χ2v) is 9.60. The molecule has 29 heavy (non-hydrogen) atoms. The van der Waals surface area contributed by atoms with Crippen molar-refractivity contribution in [3.8, 4) is 0 Å². The topological polar surface area (TPSA) is 82.2 Å². The van der Waals surface area contributed by atoms with E-state index in [0.717, 1.165) is 5.69 Å². The summed E-state index contributed by atoms with van der Waals surface area (Å²) in [6.45, 7) is 10.00. The molecule has 2 atom stereocenters. The first-order chi connectivity index (χ1) is 13.6. The van der Waals surface area contributed by atoms with E-state index in [0.29, 0.717) is 31.9 Å². The SMILES string of the molecule is CCN(CC)S(=O)(=O)c1ccc(N(C)C)c(NC(=O)CN2C[C@@H](C)O[C@@H](C)C2)c1. The summed E-state index contributed by atoms with van der Waals surface area (Å²) in [7, 11) is 0.105. The average Bonchev–Trinajstić information content (AvgIpc) is 2.61. The molecule has 1 amide bonds. The maximum absolute atomic E-state index is 12.9. The number of rotatable bonds is 8. The minimum atomic E-state index is -3.61. The summed E-state index contributed by atoms with van der Waals surface area (Å²) >= 11 is 0. The van der Waals surface area contributed by atoms with E-state index in [1.165, 1.54) is 4.31 Å². The van der Waals surface area contributed by atoms with Gasteiger partial charge in [-0.25, -0.2) is 8.42 Å². The molecule has 1 aromatic carbocycles. The summed E-state index contributed by atoms with van der Waals surface area (Å²) in [4.78, 5) is 16.8. The maximum Gasteiger partial charge on any atom is 0.243 e. The van der Waals surface area contributed by atoms with E-state index in [1.54, 1.807) is 18.2 Å². The number of anilines is 2. The lowest BCUT2D eigenvalue weighted by atomic mass is 10.2. The van der Waals surface area contributed by atoms with Gasteiger partial charge in [0, 0.05) is 40.3 Å². The lowest BCUT2D eigenvalue weighted by Gasteiger charge is -2.34. The highest BCUT2D eigenvalue weighted by molar-refractivity contribution is 7.89. The minimum Gasteiger partial charge on any atom is -0.376 e. The maximum atomic E-state index is 12.9. The fourth-order valence-electron chi connectivity index (χ4n) is 3.68. The van der Waals surface area contributed by atoms with Crippen molar-refractivity contribution in [3.63, 3.8) is 0 Å². The zero-order valence-corrected chi connectivity index (χ0v) is 19.1. The smallest absolute Gasteiger partial charge is 0.243 e. The molecule has 1 aromatic rings. The number of ether oxygens (including phenoxy) is 1. The predicted octanol–water partition coefficient (Wildman–Crippen LogP) is 1.83. The molecule has 0 bridgehead atoms. The Kier molecular flexibility index (Phi) is 8.04. The third-order valence-electron chi connectivity index (χ3n) is 4.93. The van der Waals surface area contributed by atoms with E-state index in [2.05, 4.69) is 10.2 Å². The predicted molar refractivity (Wildman–Crippen MR) is 116 cm³/mol. The molecular weight excluding hydrogens is 392 g/mol. The van der Waals surface area contributed by atoms with Gasteiger partial charge >= 0.3 is 0 Å². The lowest BCUT2D eigenvalue weighted by Crippen LogP contribution is -2.48. The quantitative estimate of drug-likeness (QED) is 0.683. The van der Waals surface area contributed by atoms with Crippen molar-refractivity contribution in [1.29, 1.82) is 0 Å². The van der Waals surface area contributed by atoms with Gasteiger partial charge in [0.2, 0.25) is 15.9 Å². The molecule has 0 radical (unpaired) electrons. The fraction of sp³-hybridized carbons (Fsp3) is 0.650. The van der Waals surface area contributed by atoms with E-state index in [1.807, 2.05) is 46.7 Å². The van der Waals surface area contributed by atoms with Gasteiger partial charge in [0.25, 0.3) is 0 Å². The molecule has 9 heteroatoms. The number of sulfonamides is 1. The zero-order chi connectivity index (χ0) is 21.8. The van der Waals surface area contributed by atoms with Crippen LogP contribution in [0.25, 0.3) is 0 Å². The number of carbonyl (C=O) groups is 1. The number of carbonyl (C=O) groups excluding carboxylic acids is 1. The number of nitrogens with one attached hydrogen (secondary N) is 1. The molecule has 2 rings (SSSR count). The van der Waals surface area contributed by atoms with Crippen molar-refractivity contribution in [3.05, 3.63) is 18.2 Å². The molecule has 1 N–H and O–H groups in total. The van der Waals surface area contributed by atoms with Crippen LogP contribution in [0.4, 0.5) is 11.4 Å². The Bertz CT molecular complexity index is 799. The number of hydrogen-bond donors (Lipinski definition) is 1. The van der Waals surface area contributed by atoms with Crippen LogP contribution in [0.15, 0.2) is 23.1 Å². The van der Waals surface area contributed by atoms with Gasteiger partial charge in [0.15, 0.2) is 0 Å². The van der Waals surface area contributed by atoms with Crippen LogP contribution >= 0.6 is 0 Å². The molecule has 1 aliphatic heterocycles.